The van der Waals surface area contributed by atoms with Gasteiger partial charge in [0.2, 0.25) is 0 Å². The van der Waals surface area contributed by atoms with Crippen LogP contribution < -0.4 is 0 Å². The monoisotopic (exact) mass is 172 g/mol. The molecule has 70 valence electrons. The number of unbranched alkanes of at least 4 members (excludes halogenated alkanes) is 1. The van der Waals surface area contributed by atoms with Crippen molar-refractivity contribution >= 4 is 6.29 Å². The first kappa shape index (κ1) is 9.68. The molecule has 0 radical (unpaired) electrons. The van der Waals surface area contributed by atoms with Crippen molar-refractivity contribution in [1.29, 1.82) is 0 Å². The Bertz CT molecular complexity index is 141. The molecule has 0 N–H and O–H groups in total. The largest absolute Gasteiger partial charge is 0.375 e. The van der Waals surface area contributed by atoms with Crippen LogP contribution in [0.2, 0.25) is 0 Å². The van der Waals surface area contributed by atoms with Crippen molar-refractivity contribution in [3.8, 4) is 0 Å². The summed E-state index contributed by atoms with van der Waals surface area (Å²) in [4.78, 5) is 10.3. The van der Waals surface area contributed by atoms with Gasteiger partial charge in [-0.05, 0) is 6.42 Å². The van der Waals surface area contributed by atoms with E-state index in [9.17, 15) is 4.79 Å². The summed E-state index contributed by atoms with van der Waals surface area (Å²) in [5, 5.41) is 0. The highest BCUT2D eigenvalue weighted by Gasteiger charge is 2.39. The highest BCUT2D eigenvalue weighted by atomic mass is 16.6. The Balaban J connectivity index is 2.19. The van der Waals surface area contributed by atoms with Gasteiger partial charge in [0.1, 0.15) is 11.9 Å². The number of ether oxygens (including phenoxy) is 2. The van der Waals surface area contributed by atoms with Crippen LogP contribution in [0.15, 0.2) is 0 Å². The van der Waals surface area contributed by atoms with E-state index in [1.54, 1.807) is 0 Å². The Hall–Kier alpha value is -0.410. The van der Waals surface area contributed by atoms with E-state index in [4.69, 9.17) is 9.47 Å². The average molecular weight is 172 g/mol. The normalized spacial score (nSPS) is 20.1. The van der Waals surface area contributed by atoms with E-state index >= 15 is 0 Å². The van der Waals surface area contributed by atoms with Crippen molar-refractivity contribution in [1.82, 2.24) is 0 Å². The van der Waals surface area contributed by atoms with Crippen molar-refractivity contribution in [3.63, 3.8) is 0 Å². The minimum atomic E-state index is -0.267. The lowest BCUT2D eigenvalue weighted by atomic mass is 9.98. The Morgan fingerprint density at radius 3 is 2.75 bits per heavy atom. The van der Waals surface area contributed by atoms with E-state index in [1.165, 1.54) is 0 Å². The fraction of sp³-hybridized carbons (Fsp3) is 0.889. The smallest absolute Gasteiger partial charge is 0.123 e. The van der Waals surface area contributed by atoms with Gasteiger partial charge in [0.15, 0.2) is 0 Å². The van der Waals surface area contributed by atoms with Gasteiger partial charge in [0.05, 0.1) is 13.2 Å². The maximum atomic E-state index is 10.3. The number of hydrogen-bond donors (Lipinski definition) is 0. The summed E-state index contributed by atoms with van der Waals surface area (Å²) in [7, 11) is 0. The summed E-state index contributed by atoms with van der Waals surface area (Å²) in [5.41, 5.74) is -0.267. The summed E-state index contributed by atoms with van der Waals surface area (Å²) < 4.78 is 10.6. The molecule has 1 fully saturated rings. The predicted molar refractivity (Wildman–Crippen MR) is 45.1 cm³/mol. The van der Waals surface area contributed by atoms with E-state index in [2.05, 4.69) is 6.92 Å². The molecular formula is C9H16O3. The molecule has 3 nitrogen and oxygen atoms in total. The van der Waals surface area contributed by atoms with Crippen molar-refractivity contribution in [2.45, 2.75) is 31.8 Å². The molecule has 0 aromatic carbocycles. The minimum Gasteiger partial charge on any atom is -0.375 e. The lowest BCUT2D eigenvalue weighted by Gasteiger charge is -2.39. The summed E-state index contributed by atoms with van der Waals surface area (Å²) in [5.74, 6) is 0. The molecule has 1 rings (SSSR count). The first-order valence-electron chi connectivity index (χ1n) is 4.48. The summed E-state index contributed by atoms with van der Waals surface area (Å²) in [6.45, 7) is 4.02. The van der Waals surface area contributed by atoms with Crippen LogP contribution in [0, 0.1) is 0 Å². The summed E-state index contributed by atoms with van der Waals surface area (Å²) >= 11 is 0. The maximum absolute atomic E-state index is 10.3. The van der Waals surface area contributed by atoms with Crippen LogP contribution in [0.25, 0.3) is 0 Å². The summed E-state index contributed by atoms with van der Waals surface area (Å²) in [6, 6.07) is 0. The number of carbonyl (C=O) groups excluding carboxylic acids is 1. The average Bonchev–Trinajstić information content (AvgIpc) is 2.00. The SMILES string of the molecule is CCCCOC1(CC=O)COC1. The molecule has 1 aliphatic rings. The second-order valence-electron chi connectivity index (χ2n) is 3.25. The zero-order valence-corrected chi connectivity index (χ0v) is 7.54. The third kappa shape index (κ3) is 2.29. The molecule has 0 atom stereocenters. The quantitative estimate of drug-likeness (QED) is 0.445. The summed E-state index contributed by atoms with van der Waals surface area (Å²) in [6.07, 6.45) is 3.56. The fourth-order valence-electron chi connectivity index (χ4n) is 1.17. The zero-order valence-electron chi connectivity index (χ0n) is 7.54. The lowest BCUT2D eigenvalue weighted by Crippen LogP contribution is -2.52. The number of rotatable bonds is 6. The molecule has 0 aliphatic carbocycles. The van der Waals surface area contributed by atoms with Crippen LogP contribution in [0.3, 0.4) is 0 Å². The van der Waals surface area contributed by atoms with Gasteiger partial charge in [-0.25, -0.2) is 0 Å². The van der Waals surface area contributed by atoms with Crippen molar-refractivity contribution in [2.24, 2.45) is 0 Å². The topological polar surface area (TPSA) is 35.5 Å². The molecule has 3 heteroatoms. The van der Waals surface area contributed by atoms with Crippen molar-refractivity contribution < 1.29 is 14.3 Å². The zero-order chi connectivity index (χ0) is 8.86. The second-order valence-corrected chi connectivity index (χ2v) is 3.25. The standard InChI is InChI=1S/C9H16O3/c1-2-3-6-12-9(4-5-10)7-11-8-9/h5H,2-4,6-8H2,1H3. The molecule has 0 spiro atoms. The second kappa shape index (κ2) is 4.58. The Morgan fingerprint density at radius 1 is 1.58 bits per heavy atom. The van der Waals surface area contributed by atoms with Gasteiger partial charge < -0.3 is 14.3 Å². The predicted octanol–water partition coefficient (Wildman–Crippen LogP) is 1.16. The van der Waals surface area contributed by atoms with Gasteiger partial charge in [-0.1, -0.05) is 13.3 Å². The number of aldehydes is 1. The molecule has 12 heavy (non-hydrogen) atoms. The molecule has 0 unspecified atom stereocenters. The van der Waals surface area contributed by atoms with E-state index in [0.717, 1.165) is 25.7 Å². The van der Waals surface area contributed by atoms with Crippen LogP contribution in [0.1, 0.15) is 26.2 Å². The highest BCUT2D eigenvalue weighted by Crippen LogP contribution is 2.24. The third-order valence-corrected chi connectivity index (χ3v) is 2.09. The van der Waals surface area contributed by atoms with E-state index in [0.29, 0.717) is 19.6 Å². The van der Waals surface area contributed by atoms with Gasteiger partial charge in [0.25, 0.3) is 0 Å². The number of hydrogen-bond acceptors (Lipinski definition) is 3. The Kier molecular flexibility index (Phi) is 3.69. The molecule has 0 bridgehead atoms. The minimum absolute atomic E-state index is 0.267. The van der Waals surface area contributed by atoms with E-state index < -0.39 is 0 Å². The molecule has 1 saturated heterocycles. The molecule has 1 heterocycles. The van der Waals surface area contributed by atoms with Crippen molar-refractivity contribution in [3.05, 3.63) is 0 Å². The third-order valence-electron chi connectivity index (χ3n) is 2.09. The highest BCUT2D eigenvalue weighted by molar-refractivity contribution is 5.51. The molecule has 1 aliphatic heterocycles. The molecule has 0 saturated carbocycles. The molecule has 0 amide bonds. The lowest BCUT2D eigenvalue weighted by molar-refractivity contribution is -0.210. The van der Waals surface area contributed by atoms with Crippen molar-refractivity contribution in [2.75, 3.05) is 19.8 Å². The van der Waals surface area contributed by atoms with E-state index in [-0.39, 0.29) is 5.60 Å². The Morgan fingerprint density at radius 2 is 2.33 bits per heavy atom. The number of carbonyl (C=O) groups is 1. The van der Waals surface area contributed by atoms with E-state index in [1.807, 2.05) is 0 Å². The van der Waals surface area contributed by atoms with Gasteiger partial charge in [-0.2, -0.15) is 0 Å². The maximum Gasteiger partial charge on any atom is 0.123 e. The first-order chi connectivity index (χ1) is 5.83. The Labute approximate surface area is 73.0 Å². The van der Waals surface area contributed by atoms with Crippen LogP contribution in [-0.2, 0) is 14.3 Å². The van der Waals surface area contributed by atoms with Gasteiger partial charge >= 0.3 is 0 Å². The molecule has 0 aromatic heterocycles. The molecule has 0 aromatic rings. The van der Waals surface area contributed by atoms with Gasteiger partial charge in [-0.3, -0.25) is 0 Å². The van der Waals surface area contributed by atoms with Crippen LogP contribution in [0.5, 0.6) is 0 Å². The van der Waals surface area contributed by atoms with Crippen LogP contribution in [0.4, 0.5) is 0 Å². The first-order valence-corrected chi connectivity index (χ1v) is 4.48. The fourth-order valence-corrected chi connectivity index (χ4v) is 1.17. The van der Waals surface area contributed by atoms with Gasteiger partial charge in [-0.15, -0.1) is 0 Å². The molecular weight excluding hydrogens is 156 g/mol. The van der Waals surface area contributed by atoms with Crippen LogP contribution >= 0.6 is 0 Å². The van der Waals surface area contributed by atoms with Gasteiger partial charge in [0, 0.05) is 13.0 Å². The van der Waals surface area contributed by atoms with Crippen LogP contribution in [-0.4, -0.2) is 31.7 Å².